The maximum atomic E-state index is 5.52. The molecule has 0 amide bonds. The minimum Gasteiger partial charge on any atom is -0.454 e. The molecule has 0 bridgehead atoms. The van der Waals surface area contributed by atoms with Crippen LogP contribution in [0.1, 0.15) is 30.0 Å². The van der Waals surface area contributed by atoms with Crippen LogP contribution in [0.2, 0.25) is 0 Å². The van der Waals surface area contributed by atoms with Crippen LogP contribution in [-0.4, -0.2) is 31.4 Å². The van der Waals surface area contributed by atoms with Gasteiger partial charge in [0.15, 0.2) is 11.5 Å². The lowest BCUT2D eigenvalue weighted by Gasteiger charge is -2.41. The molecule has 0 aliphatic carbocycles. The molecule has 0 spiro atoms. The third kappa shape index (κ3) is 1.26. The third-order valence-corrected chi connectivity index (χ3v) is 4.78. The predicted molar refractivity (Wildman–Crippen MR) is 64.2 cm³/mol. The average molecular weight is 232 g/mol. The molecule has 3 aliphatic heterocycles. The maximum absolute atomic E-state index is 5.52. The van der Waals surface area contributed by atoms with Gasteiger partial charge in [-0.2, -0.15) is 0 Å². The first kappa shape index (κ1) is 9.77. The Morgan fingerprint density at radius 2 is 2.00 bits per heavy atom. The number of quaternary nitrogens is 1. The summed E-state index contributed by atoms with van der Waals surface area (Å²) in [7, 11) is 2.41. The average Bonchev–Trinajstić information content (AvgIpc) is 2.91. The summed E-state index contributed by atoms with van der Waals surface area (Å²) in [4.78, 5) is 0. The SMILES string of the molecule is C[N+]12CCC[C@@H]1c1cc3c(cc1CC2)OCO3. The lowest BCUT2D eigenvalue weighted by Crippen LogP contribution is -2.47. The minimum absolute atomic E-state index is 0.384. The van der Waals surface area contributed by atoms with Crippen molar-refractivity contribution in [2.24, 2.45) is 0 Å². The van der Waals surface area contributed by atoms with Gasteiger partial charge in [-0.1, -0.05) is 0 Å². The van der Waals surface area contributed by atoms with E-state index in [4.69, 9.17) is 9.47 Å². The highest BCUT2D eigenvalue weighted by Gasteiger charge is 2.43. The molecule has 0 saturated carbocycles. The zero-order valence-electron chi connectivity index (χ0n) is 10.2. The summed E-state index contributed by atoms with van der Waals surface area (Å²) in [5, 5.41) is 0. The number of ether oxygens (including phenoxy) is 2. The fraction of sp³-hybridized carbons (Fsp3) is 0.571. The van der Waals surface area contributed by atoms with E-state index in [9.17, 15) is 0 Å². The van der Waals surface area contributed by atoms with Crippen molar-refractivity contribution in [2.45, 2.75) is 25.3 Å². The van der Waals surface area contributed by atoms with Gasteiger partial charge >= 0.3 is 0 Å². The van der Waals surface area contributed by atoms with Gasteiger partial charge in [-0.15, -0.1) is 0 Å². The molecule has 0 N–H and O–H groups in total. The van der Waals surface area contributed by atoms with Crippen molar-refractivity contribution in [3.63, 3.8) is 0 Å². The zero-order valence-corrected chi connectivity index (χ0v) is 10.2. The smallest absolute Gasteiger partial charge is 0.231 e. The van der Waals surface area contributed by atoms with Gasteiger partial charge in [-0.25, -0.2) is 0 Å². The van der Waals surface area contributed by atoms with E-state index in [1.54, 1.807) is 0 Å². The van der Waals surface area contributed by atoms with E-state index in [0.29, 0.717) is 12.8 Å². The van der Waals surface area contributed by atoms with Crippen LogP contribution in [0.15, 0.2) is 12.1 Å². The standard InChI is InChI=1S/C14H18NO2/c1-15-5-2-3-12(15)11-8-14-13(16-9-17-14)7-10(11)4-6-15/h7-8,12H,2-6,9H2,1H3/q+1/t12-,15?/m1/s1. The summed E-state index contributed by atoms with van der Waals surface area (Å²) >= 11 is 0. The Morgan fingerprint density at radius 1 is 1.18 bits per heavy atom. The van der Waals surface area contributed by atoms with Crippen molar-refractivity contribution in [3.05, 3.63) is 23.3 Å². The molecule has 1 fully saturated rings. The van der Waals surface area contributed by atoms with Crippen LogP contribution in [0.5, 0.6) is 11.5 Å². The number of rotatable bonds is 0. The summed E-state index contributed by atoms with van der Waals surface area (Å²) in [6.45, 7) is 2.99. The second kappa shape index (κ2) is 3.16. The van der Waals surface area contributed by atoms with Crippen LogP contribution in [0.25, 0.3) is 0 Å². The van der Waals surface area contributed by atoms with Gasteiger partial charge in [0.1, 0.15) is 6.04 Å². The number of benzene rings is 1. The Bertz CT molecular complexity index is 485. The van der Waals surface area contributed by atoms with E-state index in [1.807, 2.05) is 0 Å². The zero-order chi connectivity index (χ0) is 11.5. The molecular formula is C14H18NO2+. The summed E-state index contributed by atoms with van der Waals surface area (Å²) in [6, 6.07) is 5.14. The molecule has 0 radical (unpaired) electrons. The maximum Gasteiger partial charge on any atom is 0.231 e. The van der Waals surface area contributed by atoms with Gasteiger partial charge in [0, 0.05) is 24.8 Å². The van der Waals surface area contributed by atoms with Crippen molar-refractivity contribution in [1.29, 1.82) is 0 Å². The fourth-order valence-corrected chi connectivity index (χ4v) is 3.77. The van der Waals surface area contributed by atoms with E-state index in [-0.39, 0.29) is 0 Å². The molecule has 3 heterocycles. The van der Waals surface area contributed by atoms with Crippen molar-refractivity contribution >= 4 is 0 Å². The van der Waals surface area contributed by atoms with Crippen LogP contribution in [0, 0.1) is 0 Å². The second-order valence-corrected chi connectivity index (χ2v) is 5.74. The second-order valence-electron chi connectivity index (χ2n) is 5.74. The first-order valence-electron chi connectivity index (χ1n) is 6.53. The van der Waals surface area contributed by atoms with Gasteiger partial charge in [-0.05, 0) is 17.7 Å². The Balaban J connectivity index is 1.86. The first-order valence-corrected chi connectivity index (χ1v) is 6.53. The molecule has 3 nitrogen and oxygen atoms in total. The van der Waals surface area contributed by atoms with Gasteiger partial charge in [0.2, 0.25) is 6.79 Å². The Labute approximate surface area is 102 Å². The van der Waals surface area contributed by atoms with Gasteiger partial charge in [0.25, 0.3) is 0 Å². The van der Waals surface area contributed by atoms with Crippen LogP contribution < -0.4 is 9.47 Å². The van der Waals surface area contributed by atoms with Crippen molar-refractivity contribution in [1.82, 2.24) is 0 Å². The molecule has 1 unspecified atom stereocenters. The van der Waals surface area contributed by atoms with Crippen molar-refractivity contribution < 1.29 is 14.0 Å². The number of nitrogens with zero attached hydrogens (tertiary/aromatic N) is 1. The molecule has 1 aromatic rings. The molecule has 2 atom stereocenters. The van der Waals surface area contributed by atoms with Gasteiger partial charge in [0.05, 0.1) is 20.1 Å². The monoisotopic (exact) mass is 232 g/mol. The largest absolute Gasteiger partial charge is 0.454 e. The summed E-state index contributed by atoms with van der Waals surface area (Å²) < 4.78 is 12.2. The van der Waals surface area contributed by atoms with E-state index >= 15 is 0 Å². The Kier molecular flexibility index (Phi) is 1.82. The Hall–Kier alpha value is -1.22. The number of fused-ring (bicyclic) bond motifs is 4. The van der Waals surface area contributed by atoms with Gasteiger partial charge in [-0.3, -0.25) is 0 Å². The molecule has 3 aliphatic rings. The number of hydrogen-bond acceptors (Lipinski definition) is 2. The first-order chi connectivity index (χ1) is 8.26. The van der Waals surface area contributed by atoms with Crippen LogP contribution in [-0.2, 0) is 6.42 Å². The third-order valence-electron chi connectivity index (χ3n) is 4.78. The molecule has 90 valence electrons. The topological polar surface area (TPSA) is 18.5 Å². The molecule has 17 heavy (non-hydrogen) atoms. The van der Waals surface area contributed by atoms with Gasteiger partial charge < -0.3 is 14.0 Å². The minimum atomic E-state index is 0.384. The number of hydrogen-bond donors (Lipinski definition) is 0. The highest BCUT2D eigenvalue weighted by atomic mass is 16.7. The lowest BCUT2D eigenvalue weighted by atomic mass is 9.91. The van der Waals surface area contributed by atoms with E-state index < -0.39 is 0 Å². The predicted octanol–water partition coefficient (Wildman–Crippen LogP) is 2.25. The van der Waals surface area contributed by atoms with Crippen LogP contribution in [0.3, 0.4) is 0 Å². The molecule has 4 rings (SSSR count). The molecule has 3 heteroatoms. The van der Waals surface area contributed by atoms with E-state index in [1.165, 1.54) is 48.0 Å². The molecular weight excluding hydrogens is 214 g/mol. The highest BCUT2D eigenvalue weighted by molar-refractivity contribution is 5.50. The van der Waals surface area contributed by atoms with Crippen molar-refractivity contribution in [2.75, 3.05) is 26.9 Å². The molecule has 1 aromatic carbocycles. The normalized spacial score (nSPS) is 33.4. The molecule has 1 saturated heterocycles. The fourth-order valence-electron chi connectivity index (χ4n) is 3.77. The Morgan fingerprint density at radius 3 is 2.88 bits per heavy atom. The van der Waals surface area contributed by atoms with E-state index in [0.717, 1.165) is 11.5 Å². The van der Waals surface area contributed by atoms with Crippen molar-refractivity contribution in [3.8, 4) is 11.5 Å². The molecule has 0 aromatic heterocycles. The van der Waals surface area contributed by atoms with Crippen LogP contribution in [0.4, 0.5) is 0 Å². The van der Waals surface area contributed by atoms with E-state index in [2.05, 4.69) is 19.2 Å². The summed E-state index contributed by atoms with van der Waals surface area (Å²) in [6.07, 6.45) is 3.86. The summed E-state index contributed by atoms with van der Waals surface area (Å²) in [5.74, 6) is 1.89. The number of likely N-dealkylation sites (N-methyl/N-ethyl adjacent to an activating group) is 1. The highest BCUT2D eigenvalue weighted by Crippen LogP contribution is 2.46. The quantitative estimate of drug-likeness (QED) is 0.639. The summed E-state index contributed by atoms with van der Waals surface area (Å²) in [5.41, 5.74) is 3.00. The van der Waals surface area contributed by atoms with Crippen LogP contribution >= 0.6 is 0 Å². The lowest BCUT2D eigenvalue weighted by molar-refractivity contribution is -0.928.